The van der Waals surface area contributed by atoms with E-state index in [0.29, 0.717) is 6.42 Å². The van der Waals surface area contributed by atoms with Crippen LogP contribution in [0.2, 0.25) is 0 Å². The molecule has 1 saturated heterocycles. The van der Waals surface area contributed by atoms with Crippen LogP contribution in [0.5, 0.6) is 5.75 Å². The summed E-state index contributed by atoms with van der Waals surface area (Å²) in [5.41, 5.74) is 0.417. The van der Waals surface area contributed by atoms with Crippen LogP contribution in [0.15, 0.2) is 36.4 Å². The minimum Gasteiger partial charge on any atom is -0.488 e. The molecule has 0 aliphatic carbocycles. The molecule has 2 aromatic carbocycles. The number of nitrogens with zero attached hydrogens (tertiary/aromatic N) is 2. The fourth-order valence-electron chi connectivity index (χ4n) is 4.23. The quantitative estimate of drug-likeness (QED) is 0.455. The maximum atomic E-state index is 13.4. The van der Waals surface area contributed by atoms with E-state index in [1.807, 2.05) is 46.8 Å². The third-order valence-electron chi connectivity index (χ3n) is 6.03. The third kappa shape index (κ3) is 4.76. The number of halogens is 3. The van der Waals surface area contributed by atoms with Crippen LogP contribution in [0.25, 0.3) is 0 Å². The molecule has 5 nitrogen and oxygen atoms in total. The Bertz CT molecular complexity index is 1080. The molecular weight excluding hydrogens is 445 g/mol. The summed E-state index contributed by atoms with van der Waals surface area (Å²) in [6.45, 7) is 13.2. The van der Waals surface area contributed by atoms with Crippen molar-refractivity contribution in [2.45, 2.75) is 78.7 Å². The molecule has 34 heavy (non-hydrogen) atoms. The molecule has 1 aliphatic heterocycles. The van der Waals surface area contributed by atoms with E-state index < -0.39 is 23.3 Å². The lowest BCUT2D eigenvalue weighted by Gasteiger charge is -2.30. The summed E-state index contributed by atoms with van der Waals surface area (Å²) < 4.78 is 45.0. The number of benzene rings is 2. The average Bonchev–Trinajstić information content (AvgIpc) is 2.90. The first-order valence-corrected chi connectivity index (χ1v) is 11.2. The molecular formula is C26H31F3N2O3. The number of imide groups is 1. The van der Waals surface area contributed by atoms with Crippen molar-refractivity contribution >= 4 is 17.6 Å². The van der Waals surface area contributed by atoms with Crippen molar-refractivity contribution in [2.75, 3.05) is 4.90 Å². The van der Waals surface area contributed by atoms with Gasteiger partial charge in [-0.2, -0.15) is 13.2 Å². The Balaban J connectivity index is 1.94. The number of rotatable bonds is 5. The fraction of sp³-hybridized carbons (Fsp3) is 0.462. The number of urea groups is 1. The molecule has 0 spiro atoms. The molecule has 1 fully saturated rings. The number of amides is 3. The second-order valence-electron chi connectivity index (χ2n) is 9.95. The Morgan fingerprint density at radius 1 is 0.971 bits per heavy atom. The molecule has 1 aliphatic rings. The molecule has 8 heteroatoms. The zero-order chi connectivity index (χ0) is 25.6. The van der Waals surface area contributed by atoms with Crippen molar-refractivity contribution in [2.24, 2.45) is 0 Å². The highest BCUT2D eigenvalue weighted by Crippen LogP contribution is 2.38. The number of ether oxygens (including phenoxy) is 1. The molecule has 0 N–H and O–H groups in total. The highest BCUT2D eigenvalue weighted by molar-refractivity contribution is 6.16. The lowest BCUT2D eigenvalue weighted by Crippen LogP contribution is -2.46. The topological polar surface area (TPSA) is 49.9 Å². The summed E-state index contributed by atoms with van der Waals surface area (Å²) in [5.74, 6) is 0.380. The summed E-state index contributed by atoms with van der Waals surface area (Å²) >= 11 is 0. The van der Waals surface area contributed by atoms with E-state index in [-0.39, 0.29) is 23.7 Å². The van der Waals surface area contributed by atoms with Crippen molar-refractivity contribution in [1.82, 2.24) is 4.90 Å². The maximum absolute atomic E-state index is 13.4. The maximum Gasteiger partial charge on any atom is 0.416 e. The van der Waals surface area contributed by atoms with Gasteiger partial charge in [-0.3, -0.25) is 14.6 Å². The molecule has 3 rings (SSSR count). The minimum atomic E-state index is -4.48. The van der Waals surface area contributed by atoms with Gasteiger partial charge in [0.2, 0.25) is 0 Å². The van der Waals surface area contributed by atoms with Crippen molar-refractivity contribution in [3.05, 3.63) is 58.7 Å². The predicted molar refractivity (Wildman–Crippen MR) is 125 cm³/mol. The standard InChI is InChI=1S/C26H31F3N2O3/c1-8-25(7)22(32)30(15-18-13-16(2)21(17(3)14-18)34-24(4,5)6)23(33)31(25)20-11-9-19(10-12-20)26(27,28)29/h9-14H,8,15H2,1-7H3. The highest BCUT2D eigenvalue weighted by atomic mass is 19.4. The number of hydrogen-bond acceptors (Lipinski definition) is 3. The smallest absolute Gasteiger partial charge is 0.416 e. The second kappa shape index (κ2) is 8.64. The summed E-state index contributed by atoms with van der Waals surface area (Å²) in [5, 5.41) is 0. The van der Waals surface area contributed by atoms with E-state index in [1.54, 1.807) is 13.8 Å². The van der Waals surface area contributed by atoms with E-state index in [0.717, 1.165) is 34.6 Å². The lowest BCUT2D eigenvalue weighted by atomic mass is 9.96. The van der Waals surface area contributed by atoms with Crippen LogP contribution in [-0.4, -0.2) is 28.0 Å². The van der Waals surface area contributed by atoms with Crippen molar-refractivity contribution in [3.8, 4) is 5.75 Å². The summed E-state index contributed by atoms with van der Waals surface area (Å²) in [6.07, 6.45) is -4.17. The Morgan fingerprint density at radius 2 is 1.50 bits per heavy atom. The monoisotopic (exact) mass is 476 g/mol. The first-order chi connectivity index (χ1) is 15.6. The number of alkyl halides is 3. The van der Waals surface area contributed by atoms with Gasteiger partial charge in [0, 0.05) is 5.69 Å². The van der Waals surface area contributed by atoms with Gasteiger partial charge >= 0.3 is 12.2 Å². The largest absolute Gasteiger partial charge is 0.488 e. The number of carbonyl (C=O) groups excluding carboxylic acids is 2. The van der Waals surface area contributed by atoms with E-state index in [2.05, 4.69) is 0 Å². The van der Waals surface area contributed by atoms with Crippen LogP contribution in [0, 0.1) is 13.8 Å². The van der Waals surface area contributed by atoms with Crippen LogP contribution in [0.4, 0.5) is 23.7 Å². The Labute approximate surface area is 198 Å². The van der Waals surface area contributed by atoms with Gasteiger partial charge in [-0.05, 0) is 88.9 Å². The van der Waals surface area contributed by atoms with Gasteiger partial charge in [-0.1, -0.05) is 19.1 Å². The highest BCUT2D eigenvalue weighted by Gasteiger charge is 2.53. The van der Waals surface area contributed by atoms with E-state index >= 15 is 0 Å². The zero-order valence-electron chi connectivity index (χ0n) is 20.6. The number of anilines is 1. The van der Waals surface area contributed by atoms with Gasteiger partial charge in [-0.25, -0.2) is 4.79 Å². The van der Waals surface area contributed by atoms with Gasteiger partial charge in [-0.15, -0.1) is 0 Å². The molecule has 1 unspecified atom stereocenters. The molecule has 0 radical (unpaired) electrons. The molecule has 3 amide bonds. The van der Waals surface area contributed by atoms with Gasteiger partial charge in [0.15, 0.2) is 0 Å². The van der Waals surface area contributed by atoms with Crippen LogP contribution in [-0.2, 0) is 17.5 Å². The third-order valence-corrected chi connectivity index (χ3v) is 6.03. The van der Waals surface area contributed by atoms with Gasteiger partial charge < -0.3 is 4.74 Å². The summed E-state index contributed by atoms with van der Waals surface area (Å²) in [6, 6.07) is 7.53. The molecule has 184 valence electrons. The normalized spacial score (nSPS) is 19.2. The minimum absolute atomic E-state index is 0.0574. The molecule has 1 heterocycles. The zero-order valence-corrected chi connectivity index (χ0v) is 20.6. The van der Waals surface area contributed by atoms with Gasteiger partial charge in [0.1, 0.15) is 16.9 Å². The predicted octanol–water partition coefficient (Wildman–Crippen LogP) is 6.64. The number of hydrogen-bond donors (Lipinski definition) is 0. The van der Waals surface area contributed by atoms with Gasteiger partial charge in [0.25, 0.3) is 5.91 Å². The summed E-state index contributed by atoms with van der Waals surface area (Å²) in [4.78, 5) is 29.2. The van der Waals surface area contributed by atoms with Crippen molar-refractivity contribution < 1.29 is 27.5 Å². The fourth-order valence-corrected chi connectivity index (χ4v) is 4.23. The first-order valence-electron chi connectivity index (χ1n) is 11.2. The Hall–Kier alpha value is -3.03. The van der Waals surface area contributed by atoms with Crippen LogP contribution >= 0.6 is 0 Å². The van der Waals surface area contributed by atoms with Crippen molar-refractivity contribution in [1.29, 1.82) is 0 Å². The molecule has 0 bridgehead atoms. The molecule has 0 aromatic heterocycles. The molecule has 2 aromatic rings. The lowest BCUT2D eigenvalue weighted by molar-refractivity contribution is -0.137. The van der Waals surface area contributed by atoms with E-state index in [4.69, 9.17) is 4.74 Å². The van der Waals surface area contributed by atoms with Crippen LogP contribution in [0.3, 0.4) is 0 Å². The summed E-state index contributed by atoms with van der Waals surface area (Å²) in [7, 11) is 0. The number of carbonyl (C=O) groups is 2. The molecule has 1 atom stereocenters. The Morgan fingerprint density at radius 3 is 1.94 bits per heavy atom. The van der Waals surface area contributed by atoms with Gasteiger partial charge in [0.05, 0.1) is 12.1 Å². The second-order valence-corrected chi connectivity index (χ2v) is 9.95. The SMILES string of the molecule is CCC1(C)C(=O)N(Cc2cc(C)c(OC(C)(C)C)c(C)c2)C(=O)N1c1ccc(C(F)(F)F)cc1. The first kappa shape index (κ1) is 25.6. The van der Waals surface area contributed by atoms with E-state index in [1.165, 1.54) is 21.9 Å². The van der Waals surface area contributed by atoms with Crippen molar-refractivity contribution in [3.63, 3.8) is 0 Å². The number of aryl methyl sites for hydroxylation is 2. The van der Waals surface area contributed by atoms with E-state index in [9.17, 15) is 22.8 Å². The average molecular weight is 477 g/mol. The Kier molecular flexibility index (Phi) is 6.50. The molecule has 0 saturated carbocycles. The van der Waals surface area contributed by atoms with Crippen LogP contribution < -0.4 is 9.64 Å². The van der Waals surface area contributed by atoms with Crippen LogP contribution in [0.1, 0.15) is 63.3 Å².